The molecule has 9 nitrogen and oxygen atoms in total. The topological polar surface area (TPSA) is 119 Å². The van der Waals surface area contributed by atoms with E-state index in [1.165, 1.54) is 23.1 Å². The van der Waals surface area contributed by atoms with Crippen LogP contribution >= 0.6 is 0 Å². The predicted molar refractivity (Wildman–Crippen MR) is 141 cm³/mol. The van der Waals surface area contributed by atoms with Gasteiger partial charge in [-0.1, -0.05) is 57.9 Å². The minimum Gasteiger partial charge on any atom is -0.478 e. The lowest BCUT2D eigenvalue weighted by atomic mass is 9.90. The van der Waals surface area contributed by atoms with Crippen molar-refractivity contribution in [1.82, 2.24) is 5.01 Å². The van der Waals surface area contributed by atoms with Crippen molar-refractivity contribution >= 4 is 40.8 Å². The van der Waals surface area contributed by atoms with Gasteiger partial charge in [0.25, 0.3) is 0 Å². The second-order valence-corrected chi connectivity index (χ2v) is 10.5. The van der Waals surface area contributed by atoms with Crippen LogP contribution in [0.15, 0.2) is 53.6 Å². The number of carboxylic acid groups (broad SMARTS) is 1. The Bertz CT molecular complexity index is 1260. The van der Waals surface area contributed by atoms with Gasteiger partial charge >= 0.3 is 12.0 Å². The number of carbonyl (C=O) groups is 4. The van der Waals surface area contributed by atoms with Crippen LogP contribution in [0.5, 0.6) is 0 Å². The Morgan fingerprint density at radius 2 is 1.73 bits per heavy atom. The number of ketones is 1. The smallest absolute Gasteiger partial charge is 0.345 e. The van der Waals surface area contributed by atoms with Crippen LogP contribution in [-0.2, 0) is 9.59 Å². The number of aromatic carboxylic acids is 1. The van der Waals surface area contributed by atoms with Crippen LogP contribution < -0.4 is 10.2 Å². The molecule has 0 radical (unpaired) electrons. The minimum atomic E-state index is -1.11. The van der Waals surface area contributed by atoms with Crippen molar-refractivity contribution in [3.63, 3.8) is 0 Å². The normalized spacial score (nSPS) is 16.2. The summed E-state index contributed by atoms with van der Waals surface area (Å²) in [4.78, 5) is 52.5. The summed E-state index contributed by atoms with van der Waals surface area (Å²) in [6.45, 7) is 4.88. The lowest BCUT2D eigenvalue weighted by molar-refractivity contribution is -0.124. The summed E-state index contributed by atoms with van der Waals surface area (Å²) < 4.78 is 0. The molecule has 0 aromatic heterocycles. The maximum atomic E-state index is 13.8. The lowest BCUT2D eigenvalue weighted by Crippen LogP contribution is -2.47. The summed E-state index contributed by atoms with van der Waals surface area (Å²) in [5, 5.41) is 17.7. The highest BCUT2D eigenvalue weighted by atomic mass is 16.4. The predicted octanol–water partition coefficient (Wildman–Crippen LogP) is 4.78. The number of carboxylic acids is 1. The second-order valence-electron chi connectivity index (χ2n) is 10.5. The Labute approximate surface area is 216 Å². The molecule has 2 aromatic carbocycles. The lowest BCUT2D eigenvalue weighted by Gasteiger charge is -2.28. The first-order valence-corrected chi connectivity index (χ1v) is 12.5. The van der Waals surface area contributed by atoms with Crippen molar-refractivity contribution in [2.75, 3.05) is 23.3 Å². The maximum absolute atomic E-state index is 13.8. The number of nitrogens with zero attached hydrogens (tertiary/aromatic N) is 3. The molecule has 0 saturated heterocycles. The number of hydrazone groups is 1. The largest absolute Gasteiger partial charge is 0.478 e. The third kappa shape index (κ3) is 5.87. The number of fused-ring (bicyclic) bond motifs is 1. The number of carbonyl (C=O) groups excluding carboxylic acids is 3. The first-order valence-electron chi connectivity index (χ1n) is 12.5. The van der Waals surface area contributed by atoms with Crippen molar-refractivity contribution in [2.45, 2.75) is 46.5 Å². The zero-order chi connectivity index (χ0) is 26.7. The van der Waals surface area contributed by atoms with Crippen LogP contribution in [0.3, 0.4) is 0 Å². The summed E-state index contributed by atoms with van der Waals surface area (Å²) in [6.07, 6.45) is 3.99. The van der Waals surface area contributed by atoms with Gasteiger partial charge in [0.15, 0.2) is 5.78 Å². The molecule has 9 heteroatoms. The van der Waals surface area contributed by atoms with E-state index in [0.717, 1.165) is 42.0 Å². The molecule has 2 aliphatic rings. The van der Waals surface area contributed by atoms with E-state index in [9.17, 15) is 24.3 Å². The number of para-hydroxylation sites is 1. The van der Waals surface area contributed by atoms with Gasteiger partial charge in [-0.05, 0) is 37.1 Å². The van der Waals surface area contributed by atoms with Gasteiger partial charge in [-0.15, -0.1) is 0 Å². The number of anilines is 2. The van der Waals surface area contributed by atoms with Crippen molar-refractivity contribution in [1.29, 1.82) is 0 Å². The van der Waals surface area contributed by atoms with E-state index in [0.29, 0.717) is 11.4 Å². The number of Topliss-reactive ketones (excluding diaryl/α,β-unsaturated/α-hetero) is 1. The average Bonchev–Trinajstić information content (AvgIpc) is 3.35. The zero-order valence-electron chi connectivity index (χ0n) is 21.4. The number of hydrogen-bond acceptors (Lipinski definition) is 5. The highest BCUT2D eigenvalue weighted by Gasteiger charge is 2.36. The highest BCUT2D eigenvalue weighted by molar-refractivity contribution is 6.13. The first kappa shape index (κ1) is 26.1. The van der Waals surface area contributed by atoms with Gasteiger partial charge < -0.3 is 10.4 Å². The Morgan fingerprint density at radius 3 is 2.41 bits per heavy atom. The molecule has 194 valence electrons. The van der Waals surface area contributed by atoms with E-state index in [2.05, 4.69) is 5.32 Å². The molecule has 2 aromatic rings. The number of benzene rings is 2. The molecule has 0 atom stereocenters. The molecule has 3 amide bonds. The molecule has 1 aliphatic carbocycles. The van der Waals surface area contributed by atoms with E-state index >= 15 is 0 Å². The number of amides is 3. The van der Waals surface area contributed by atoms with Crippen LogP contribution in [0.25, 0.3) is 0 Å². The van der Waals surface area contributed by atoms with Gasteiger partial charge in [-0.2, -0.15) is 5.10 Å². The Balaban J connectivity index is 1.68. The Hall–Kier alpha value is -4.01. The Kier molecular flexibility index (Phi) is 7.42. The van der Waals surface area contributed by atoms with Crippen LogP contribution in [-0.4, -0.2) is 52.6 Å². The van der Waals surface area contributed by atoms with Crippen LogP contribution in [0.4, 0.5) is 16.2 Å². The standard InChI is InChI=1S/C28H32N4O5/c1-28(2,3)23(33)16-31-22-14-7-6-13-21(22)25(18-9-4-5-10-18)30-32(27(31)37)17-24(34)29-20-12-8-11-19(15-20)26(35)36/h6-8,11-15,18H,4-5,9-10,16-17H2,1-3H3,(H,29,34)(H,35,36). The molecule has 1 heterocycles. The van der Waals surface area contributed by atoms with E-state index in [1.54, 1.807) is 26.8 Å². The Morgan fingerprint density at radius 1 is 1.03 bits per heavy atom. The van der Waals surface area contributed by atoms with E-state index in [1.807, 2.05) is 24.3 Å². The molecule has 4 rings (SSSR count). The molecule has 0 bridgehead atoms. The number of urea groups is 1. The summed E-state index contributed by atoms with van der Waals surface area (Å²) >= 11 is 0. The average molecular weight is 505 g/mol. The fraction of sp³-hybridized carbons (Fsp3) is 0.393. The molecule has 0 spiro atoms. The molecule has 2 N–H and O–H groups in total. The van der Waals surface area contributed by atoms with Gasteiger partial charge in [0.1, 0.15) is 6.54 Å². The van der Waals surface area contributed by atoms with Crippen LogP contribution in [0, 0.1) is 11.3 Å². The molecular weight excluding hydrogens is 472 g/mol. The summed E-state index contributed by atoms with van der Waals surface area (Å²) in [5.41, 5.74) is 1.82. The highest BCUT2D eigenvalue weighted by Crippen LogP contribution is 2.35. The summed E-state index contributed by atoms with van der Waals surface area (Å²) in [5.74, 6) is -1.61. The molecule has 1 aliphatic heterocycles. The second kappa shape index (κ2) is 10.5. The van der Waals surface area contributed by atoms with Crippen molar-refractivity contribution in [2.24, 2.45) is 16.4 Å². The monoisotopic (exact) mass is 504 g/mol. The SMILES string of the molecule is CC(C)(C)C(=O)CN1C(=O)N(CC(=O)Nc2cccc(C(=O)O)c2)N=C(C2CCCC2)c2ccccc21. The number of hydrogen-bond donors (Lipinski definition) is 2. The number of rotatable bonds is 7. The van der Waals surface area contributed by atoms with Gasteiger partial charge in [-0.25, -0.2) is 14.6 Å². The van der Waals surface area contributed by atoms with E-state index in [-0.39, 0.29) is 30.4 Å². The minimum absolute atomic E-state index is 0.0347. The molecule has 37 heavy (non-hydrogen) atoms. The van der Waals surface area contributed by atoms with Gasteiger partial charge in [0, 0.05) is 22.6 Å². The van der Waals surface area contributed by atoms with Crippen molar-refractivity contribution < 1.29 is 24.3 Å². The maximum Gasteiger partial charge on any atom is 0.345 e. The van der Waals surface area contributed by atoms with Gasteiger partial charge in [0.2, 0.25) is 5.91 Å². The van der Waals surface area contributed by atoms with Gasteiger partial charge in [-0.3, -0.25) is 14.5 Å². The third-order valence-electron chi connectivity index (χ3n) is 6.72. The molecule has 1 saturated carbocycles. The van der Waals surface area contributed by atoms with Crippen LogP contribution in [0.1, 0.15) is 62.4 Å². The quantitative estimate of drug-likeness (QED) is 0.563. The molecule has 1 fully saturated rings. The first-order chi connectivity index (χ1) is 17.5. The number of nitrogens with one attached hydrogen (secondary N) is 1. The fourth-order valence-electron chi connectivity index (χ4n) is 4.60. The van der Waals surface area contributed by atoms with Crippen molar-refractivity contribution in [3.8, 4) is 0 Å². The molecule has 0 unspecified atom stereocenters. The van der Waals surface area contributed by atoms with E-state index < -0.39 is 23.3 Å². The van der Waals surface area contributed by atoms with Gasteiger partial charge in [0.05, 0.1) is 23.5 Å². The zero-order valence-corrected chi connectivity index (χ0v) is 21.4. The molecular formula is C28H32N4O5. The fourth-order valence-corrected chi connectivity index (χ4v) is 4.60. The van der Waals surface area contributed by atoms with Crippen LogP contribution in [0.2, 0.25) is 0 Å². The summed E-state index contributed by atoms with van der Waals surface area (Å²) in [6, 6.07) is 12.8. The third-order valence-corrected chi connectivity index (χ3v) is 6.72. The van der Waals surface area contributed by atoms with Crippen molar-refractivity contribution in [3.05, 3.63) is 59.7 Å². The van der Waals surface area contributed by atoms with E-state index in [4.69, 9.17) is 5.10 Å². The summed E-state index contributed by atoms with van der Waals surface area (Å²) in [7, 11) is 0.